The fraction of sp³-hybridized carbons (Fsp3) is 0.385. The molecule has 1 heterocycles. The number of benzene rings is 1. The summed E-state index contributed by atoms with van der Waals surface area (Å²) in [6, 6.07) is 5.88. The van der Waals surface area contributed by atoms with Crippen LogP contribution in [0.3, 0.4) is 0 Å². The molecule has 0 unspecified atom stereocenters. The number of aliphatic carboxylic acids is 1. The lowest BCUT2D eigenvalue weighted by Gasteiger charge is -2.03. The first-order valence-electron chi connectivity index (χ1n) is 5.94. The number of hydrogen-bond donors (Lipinski definition) is 2. The molecule has 0 aliphatic carbocycles. The molecule has 0 amide bonds. The van der Waals surface area contributed by atoms with Gasteiger partial charge in [0.15, 0.2) is 11.5 Å². The first-order valence-corrected chi connectivity index (χ1v) is 5.94. The monoisotopic (exact) mass is 248 g/mol. The highest BCUT2D eigenvalue weighted by Crippen LogP contribution is 2.16. The molecule has 0 spiro atoms. The highest BCUT2D eigenvalue weighted by atomic mass is 16.4. The SMILES string of the molecule is Cc1nc2ccc(CNCCCC(=O)O)cc2o1. The summed E-state index contributed by atoms with van der Waals surface area (Å²) < 4.78 is 5.45. The molecule has 0 bridgehead atoms. The number of aryl methyl sites for hydroxylation is 1. The van der Waals surface area contributed by atoms with Crippen molar-refractivity contribution in [1.82, 2.24) is 10.3 Å². The van der Waals surface area contributed by atoms with Crippen LogP contribution in [0.2, 0.25) is 0 Å². The molecular formula is C13H16N2O3. The van der Waals surface area contributed by atoms with Crippen molar-refractivity contribution in [3.63, 3.8) is 0 Å². The normalized spacial score (nSPS) is 10.9. The van der Waals surface area contributed by atoms with Gasteiger partial charge in [-0.1, -0.05) is 6.07 Å². The summed E-state index contributed by atoms with van der Waals surface area (Å²) in [5.41, 5.74) is 2.76. The third kappa shape index (κ3) is 3.30. The van der Waals surface area contributed by atoms with Gasteiger partial charge in [-0.15, -0.1) is 0 Å². The molecule has 96 valence electrons. The number of carboxylic acid groups (broad SMARTS) is 1. The minimum Gasteiger partial charge on any atom is -0.481 e. The van der Waals surface area contributed by atoms with Crippen molar-refractivity contribution in [3.05, 3.63) is 29.7 Å². The Morgan fingerprint density at radius 2 is 2.33 bits per heavy atom. The van der Waals surface area contributed by atoms with Crippen LogP contribution in [0.15, 0.2) is 22.6 Å². The van der Waals surface area contributed by atoms with Crippen LogP contribution < -0.4 is 5.32 Å². The summed E-state index contributed by atoms with van der Waals surface area (Å²) >= 11 is 0. The number of nitrogens with zero attached hydrogens (tertiary/aromatic N) is 1. The number of nitrogens with one attached hydrogen (secondary N) is 1. The summed E-state index contributed by atoms with van der Waals surface area (Å²) in [6.45, 7) is 3.22. The van der Waals surface area contributed by atoms with E-state index in [0.717, 1.165) is 16.7 Å². The van der Waals surface area contributed by atoms with Gasteiger partial charge in [-0.2, -0.15) is 0 Å². The lowest BCUT2D eigenvalue weighted by atomic mass is 10.2. The van der Waals surface area contributed by atoms with Gasteiger partial charge < -0.3 is 14.8 Å². The standard InChI is InChI=1S/C13H16N2O3/c1-9-15-11-5-4-10(7-12(11)18-9)8-14-6-2-3-13(16)17/h4-5,7,14H,2-3,6,8H2,1H3,(H,16,17). The molecule has 1 aromatic carbocycles. The lowest BCUT2D eigenvalue weighted by molar-refractivity contribution is -0.137. The van der Waals surface area contributed by atoms with Gasteiger partial charge in [0.1, 0.15) is 5.52 Å². The third-order valence-electron chi connectivity index (χ3n) is 2.63. The maximum Gasteiger partial charge on any atom is 0.303 e. The van der Waals surface area contributed by atoms with Crippen LogP contribution >= 0.6 is 0 Å². The molecule has 0 saturated heterocycles. The average molecular weight is 248 g/mol. The number of fused-ring (bicyclic) bond motifs is 1. The second kappa shape index (κ2) is 5.64. The zero-order valence-corrected chi connectivity index (χ0v) is 10.3. The molecule has 5 heteroatoms. The van der Waals surface area contributed by atoms with E-state index in [-0.39, 0.29) is 6.42 Å². The van der Waals surface area contributed by atoms with Crippen molar-refractivity contribution in [1.29, 1.82) is 0 Å². The quantitative estimate of drug-likeness (QED) is 0.765. The molecule has 2 aromatic rings. The second-order valence-electron chi connectivity index (χ2n) is 4.21. The molecule has 0 aliphatic heterocycles. The summed E-state index contributed by atoms with van der Waals surface area (Å²) in [7, 11) is 0. The number of aromatic nitrogens is 1. The number of carbonyl (C=O) groups is 1. The largest absolute Gasteiger partial charge is 0.481 e. The van der Waals surface area contributed by atoms with Crippen LogP contribution in [-0.4, -0.2) is 22.6 Å². The van der Waals surface area contributed by atoms with Gasteiger partial charge in [0.2, 0.25) is 0 Å². The Morgan fingerprint density at radius 3 is 3.11 bits per heavy atom. The number of hydrogen-bond acceptors (Lipinski definition) is 4. The van der Waals surface area contributed by atoms with Gasteiger partial charge in [0.05, 0.1) is 0 Å². The Hall–Kier alpha value is -1.88. The van der Waals surface area contributed by atoms with Crippen LogP contribution in [0.4, 0.5) is 0 Å². The van der Waals surface area contributed by atoms with Crippen molar-refractivity contribution >= 4 is 17.1 Å². The minimum absolute atomic E-state index is 0.202. The average Bonchev–Trinajstić information content (AvgIpc) is 2.67. The van der Waals surface area contributed by atoms with E-state index in [1.54, 1.807) is 0 Å². The number of oxazole rings is 1. The molecule has 0 atom stereocenters. The van der Waals surface area contributed by atoms with Gasteiger partial charge in [-0.3, -0.25) is 4.79 Å². The topological polar surface area (TPSA) is 75.4 Å². The molecule has 0 fully saturated rings. The maximum atomic E-state index is 10.3. The molecule has 5 nitrogen and oxygen atoms in total. The Morgan fingerprint density at radius 1 is 1.50 bits per heavy atom. The van der Waals surface area contributed by atoms with E-state index in [2.05, 4.69) is 10.3 Å². The fourth-order valence-electron chi connectivity index (χ4n) is 1.79. The second-order valence-corrected chi connectivity index (χ2v) is 4.21. The van der Waals surface area contributed by atoms with E-state index in [1.807, 2.05) is 25.1 Å². The molecule has 0 saturated carbocycles. The highest BCUT2D eigenvalue weighted by Gasteiger charge is 2.03. The maximum absolute atomic E-state index is 10.3. The van der Waals surface area contributed by atoms with E-state index >= 15 is 0 Å². The third-order valence-corrected chi connectivity index (χ3v) is 2.63. The van der Waals surface area contributed by atoms with Crippen LogP contribution in [-0.2, 0) is 11.3 Å². The van der Waals surface area contributed by atoms with Crippen molar-refractivity contribution in [2.75, 3.05) is 6.54 Å². The smallest absolute Gasteiger partial charge is 0.303 e. The highest BCUT2D eigenvalue weighted by molar-refractivity contribution is 5.73. The van der Waals surface area contributed by atoms with Crippen molar-refractivity contribution in [2.24, 2.45) is 0 Å². The van der Waals surface area contributed by atoms with Gasteiger partial charge in [-0.05, 0) is 30.7 Å². The Labute approximate surface area is 105 Å². The van der Waals surface area contributed by atoms with Gasteiger partial charge >= 0.3 is 5.97 Å². The number of carboxylic acids is 1. The summed E-state index contributed by atoms with van der Waals surface area (Å²) in [4.78, 5) is 14.6. The van der Waals surface area contributed by atoms with E-state index in [4.69, 9.17) is 9.52 Å². The summed E-state index contributed by atoms with van der Waals surface area (Å²) in [5.74, 6) is -0.0908. The predicted molar refractivity (Wildman–Crippen MR) is 67.3 cm³/mol. The van der Waals surface area contributed by atoms with E-state index < -0.39 is 5.97 Å². The molecular weight excluding hydrogens is 232 g/mol. The van der Waals surface area contributed by atoms with E-state index in [1.165, 1.54) is 0 Å². The molecule has 2 N–H and O–H groups in total. The van der Waals surface area contributed by atoms with Crippen LogP contribution in [0.25, 0.3) is 11.1 Å². The van der Waals surface area contributed by atoms with Gasteiger partial charge in [-0.25, -0.2) is 4.98 Å². The van der Waals surface area contributed by atoms with Crippen LogP contribution in [0, 0.1) is 6.92 Å². The minimum atomic E-state index is -0.754. The van der Waals surface area contributed by atoms with Crippen molar-refractivity contribution in [2.45, 2.75) is 26.3 Å². The molecule has 0 aliphatic rings. The predicted octanol–water partition coefficient (Wildman–Crippen LogP) is 2.09. The zero-order chi connectivity index (χ0) is 13.0. The van der Waals surface area contributed by atoms with E-state index in [9.17, 15) is 4.79 Å². The Bertz CT molecular complexity index is 548. The van der Waals surface area contributed by atoms with E-state index in [0.29, 0.717) is 25.4 Å². The number of rotatable bonds is 6. The fourth-order valence-corrected chi connectivity index (χ4v) is 1.79. The summed E-state index contributed by atoms with van der Waals surface area (Å²) in [6.07, 6.45) is 0.840. The molecule has 1 aromatic heterocycles. The first-order chi connectivity index (χ1) is 8.65. The van der Waals surface area contributed by atoms with Crippen molar-refractivity contribution < 1.29 is 14.3 Å². The van der Waals surface area contributed by atoms with Gasteiger partial charge in [0.25, 0.3) is 0 Å². The summed E-state index contributed by atoms with van der Waals surface area (Å²) in [5, 5.41) is 11.7. The van der Waals surface area contributed by atoms with Gasteiger partial charge in [0, 0.05) is 19.9 Å². The molecule has 2 rings (SSSR count). The Kier molecular flexibility index (Phi) is 3.94. The molecule has 0 radical (unpaired) electrons. The van der Waals surface area contributed by atoms with Crippen LogP contribution in [0.1, 0.15) is 24.3 Å². The molecule has 18 heavy (non-hydrogen) atoms. The van der Waals surface area contributed by atoms with Crippen LogP contribution in [0.5, 0.6) is 0 Å². The lowest BCUT2D eigenvalue weighted by Crippen LogP contribution is -2.15. The first kappa shape index (κ1) is 12.6. The Balaban J connectivity index is 1.86. The zero-order valence-electron chi connectivity index (χ0n) is 10.3. The van der Waals surface area contributed by atoms with Crippen molar-refractivity contribution in [3.8, 4) is 0 Å².